The smallest absolute Gasteiger partial charge is 0.273 e. The molecule has 7 heteroatoms. The molecule has 0 spiro atoms. The molecule has 0 bridgehead atoms. The van der Waals surface area contributed by atoms with Gasteiger partial charge in [0, 0.05) is 18.3 Å². The highest BCUT2D eigenvalue weighted by Crippen LogP contribution is 2.28. The predicted octanol–water partition coefficient (Wildman–Crippen LogP) is 2.80. The van der Waals surface area contributed by atoms with Gasteiger partial charge in [0.05, 0.1) is 17.8 Å². The van der Waals surface area contributed by atoms with E-state index < -0.39 is 11.7 Å². The summed E-state index contributed by atoms with van der Waals surface area (Å²) in [5.74, 6) is -0.140. The van der Waals surface area contributed by atoms with Gasteiger partial charge in [-0.2, -0.15) is 13.2 Å². The van der Waals surface area contributed by atoms with Gasteiger partial charge >= 0.3 is 6.18 Å². The normalized spacial score (nSPS) is 14.7. The number of aromatic nitrogens is 1. The van der Waals surface area contributed by atoms with E-state index >= 15 is 0 Å². The molecule has 0 atom stereocenters. The molecule has 1 aromatic heterocycles. The van der Waals surface area contributed by atoms with E-state index in [1.165, 1.54) is 11.1 Å². The van der Waals surface area contributed by atoms with Crippen molar-refractivity contribution in [3.8, 4) is 0 Å². The number of carbonyl (C=O) groups excluding carboxylic acids is 1. The Balaban J connectivity index is 1.64. The van der Waals surface area contributed by atoms with Crippen LogP contribution in [0, 0.1) is 0 Å². The van der Waals surface area contributed by atoms with Crippen molar-refractivity contribution in [2.75, 3.05) is 6.54 Å². The first-order valence-corrected chi connectivity index (χ1v) is 7.10. The first kappa shape index (κ1) is 15.5. The topological polar surface area (TPSA) is 45.2 Å². The van der Waals surface area contributed by atoms with Crippen LogP contribution in [0.25, 0.3) is 0 Å². The number of hydrogen-bond donors (Lipinski definition) is 1. The van der Waals surface area contributed by atoms with Crippen LogP contribution in [0.4, 0.5) is 13.2 Å². The number of hydrogen-bond acceptors (Lipinski definition) is 3. The standard InChI is InChI=1S/C16H14F3N3O/c17-16(18,19)12-5-6-13(20-9-12)10-21-22-8-7-11-3-1-2-4-14(11)15(22)23/h1-6,9,21H,7-8,10H2. The van der Waals surface area contributed by atoms with E-state index in [0.29, 0.717) is 17.8 Å². The molecule has 2 aromatic rings. The van der Waals surface area contributed by atoms with Crippen molar-refractivity contribution in [2.24, 2.45) is 0 Å². The SMILES string of the molecule is O=C1c2ccccc2CCN1NCc1ccc(C(F)(F)F)cn1. The van der Waals surface area contributed by atoms with Crippen molar-refractivity contribution in [1.29, 1.82) is 0 Å². The molecular weight excluding hydrogens is 307 g/mol. The monoisotopic (exact) mass is 321 g/mol. The summed E-state index contributed by atoms with van der Waals surface area (Å²) in [6.07, 6.45) is -2.87. The Morgan fingerprint density at radius 3 is 2.65 bits per heavy atom. The minimum Gasteiger partial charge on any atom is -0.273 e. The van der Waals surface area contributed by atoms with Gasteiger partial charge in [0.1, 0.15) is 0 Å². The molecule has 0 saturated carbocycles. The van der Waals surface area contributed by atoms with Gasteiger partial charge in [0.2, 0.25) is 0 Å². The van der Waals surface area contributed by atoms with Crippen LogP contribution >= 0.6 is 0 Å². The van der Waals surface area contributed by atoms with Gasteiger partial charge in [-0.1, -0.05) is 18.2 Å². The Hall–Kier alpha value is -2.41. The third kappa shape index (κ3) is 3.34. The van der Waals surface area contributed by atoms with Crippen molar-refractivity contribution >= 4 is 5.91 Å². The van der Waals surface area contributed by atoms with Crippen molar-refractivity contribution in [3.05, 3.63) is 65.0 Å². The molecule has 1 aromatic carbocycles. The van der Waals surface area contributed by atoms with Crippen molar-refractivity contribution < 1.29 is 18.0 Å². The number of hydrazine groups is 1. The Kier molecular flexibility index (Phi) is 4.04. The van der Waals surface area contributed by atoms with E-state index in [1.54, 1.807) is 12.1 Å². The molecule has 2 heterocycles. The fourth-order valence-corrected chi connectivity index (χ4v) is 2.45. The maximum Gasteiger partial charge on any atom is 0.417 e. The number of amides is 1. The number of alkyl halides is 3. The Labute approximate surface area is 130 Å². The van der Waals surface area contributed by atoms with E-state index in [9.17, 15) is 18.0 Å². The van der Waals surface area contributed by atoms with Gasteiger partial charge in [0.25, 0.3) is 5.91 Å². The minimum atomic E-state index is -4.40. The Bertz CT molecular complexity index is 713. The molecular formula is C16H14F3N3O. The number of fused-ring (bicyclic) bond motifs is 1. The van der Waals surface area contributed by atoms with Gasteiger partial charge in [-0.15, -0.1) is 0 Å². The molecule has 4 nitrogen and oxygen atoms in total. The fourth-order valence-electron chi connectivity index (χ4n) is 2.45. The molecule has 0 fully saturated rings. The molecule has 0 aliphatic carbocycles. The van der Waals surface area contributed by atoms with Crippen LogP contribution in [0.5, 0.6) is 0 Å². The van der Waals surface area contributed by atoms with E-state index in [1.807, 2.05) is 12.1 Å². The lowest BCUT2D eigenvalue weighted by molar-refractivity contribution is -0.137. The summed E-state index contributed by atoms with van der Waals surface area (Å²) in [6, 6.07) is 9.67. The first-order valence-electron chi connectivity index (χ1n) is 7.10. The van der Waals surface area contributed by atoms with Crippen molar-refractivity contribution in [1.82, 2.24) is 15.4 Å². The maximum atomic E-state index is 12.5. The van der Waals surface area contributed by atoms with Gasteiger partial charge in [-0.05, 0) is 30.2 Å². The van der Waals surface area contributed by atoms with Crippen LogP contribution in [-0.2, 0) is 19.1 Å². The number of carbonyl (C=O) groups is 1. The molecule has 0 saturated heterocycles. The average molecular weight is 321 g/mol. The predicted molar refractivity (Wildman–Crippen MR) is 77.3 cm³/mol. The first-order chi connectivity index (χ1) is 10.9. The largest absolute Gasteiger partial charge is 0.417 e. The average Bonchev–Trinajstić information content (AvgIpc) is 2.54. The number of rotatable bonds is 3. The van der Waals surface area contributed by atoms with E-state index in [4.69, 9.17) is 0 Å². The summed E-state index contributed by atoms with van der Waals surface area (Å²) in [7, 11) is 0. The Morgan fingerprint density at radius 1 is 1.17 bits per heavy atom. The lowest BCUT2D eigenvalue weighted by Gasteiger charge is -2.28. The summed E-state index contributed by atoms with van der Waals surface area (Å²) in [5.41, 5.74) is 4.22. The summed E-state index contributed by atoms with van der Waals surface area (Å²) in [6.45, 7) is 0.697. The Morgan fingerprint density at radius 2 is 1.96 bits per heavy atom. The second-order valence-corrected chi connectivity index (χ2v) is 5.23. The third-order valence-corrected chi connectivity index (χ3v) is 3.70. The summed E-state index contributed by atoms with van der Waals surface area (Å²) < 4.78 is 37.4. The number of benzene rings is 1. The highest BCUT2D eigenvalue weighted by Gasteiger charge is 2.30. The van der Waals surface area contributed by atoms with Crippen LogP contribution in [0.2, 0.25) is 0 Å². The second-order valence-electron chi connectivity index (χ2n) is 5.23. The molecule has 1 N–H and O–H groups in total. The molecule has 1 aliphatic heterocycles. The van der Waals surface area contributed by atoms with Gasteiger partial charge in [0.15, 0.2) is 0 Å². The number of halogens is 3. The van der Waals surface area contributed by atoms with Gasteiger partial charge < -0.3 is 0 Å². The third-order valence-electron chi connectivity index (χ3n) is 3.70. The van der Waals surface area contributed by atoms with Crippen molar-refractivity contribution in [2.45, 2.75) is 19.1 Å². The second kappa shape index (κ2) is 6.00. The van der Waals surface area contributed by atoms with E-state index in [0.717, 1.165) is 24.2 Å². The number of nitrogens with one attached hydrogen (secondary N) is 1. The molecule has 1 amide bonds. The molecule has 1 aliphatic rings. The minimum absolute atomic E-state index is 0.140. The van der Waals surface area contributed by atoms with E-state index in [2.05, 4.69) is 10.4 Å². The molecule has 0 radical (unpaired) electrons. The lowest BCUT2D eigenvalue weighted by atomic mass is 10.0. The zero-order chi connectivity index (χ0) is 16.4. The van der Waals surface area contributed by atoms with Gasteiger partial charge in [-0.3, -0.25) is 14.8 Å². The quantitative estimate of drug-likeness (QED) is 0.945. The number of pyridine rings is 1. The zero-order valence-corrected chi connectivity index (χ0v) is 12.1. The summed E-state index contributed by atoms with van der Waals surface area (Å²) in [4.78, 5) is 16.1. The molecule has 3 rings (SSSR count). The maximum absolute atomic E-state index is 12.5. The molecule has 120 valence electrons. The fraction of sp³-hybridized carbons (Fsp3) is 0.250. The van der Waals surface area contributed by atoms with Gasteiger partial charge in [-0.25, -0.2) is 5.43 Å². The zero-order valence-electron chi connectivity index (χ0n) is 12.1. The highest BCUT2D eigenvalue weighted by molar-refractivity contribution is 5.96. The highest BCUT2D eigenvalue weighted by atomic mass is 19.4. The molecule has 0 unspecified atom stereocenters. The van der Waals surface area contributed by atoms with E-state index in [-0.39, 0.29) is 12.5 Å². The van der Waals surface area contributed by atoms with Crippen LogP contribution < -0.4 is 5.43 Å². The van der Waals surface area contributed by atoms with Crippen LogP contribution in [-0.4, -0.2) is 22.4 Å². The van der Waals surface area contributed by atoms with Crippen LogP contribution in [0.1, 0.15) is 27.2 Å². The van der Waals surface area contributed by atoms with Crippen LogP contribution in [0.3, 0.4) is 0 Å². The van der Waals surface area contributed by atoms with Crippen molar-refractivity contribution in [3.63, 3.8) is 0 Å². The summed E-state index contributed by atoms with van der Waals surface area (Å²) >= 11 is 0. The lowest BCUT2D eigenvalue weighted by Crippen LogP contribution is -2.46. The number of nitrogens with zero attached hydrogens (tertiary/aromatic N) is 2. The van der Waals surface area contributed by atoms with Crippen LogP contribution in [0.15, 0.2) is 42.6 Å². The molecule has 23 heavy (non-hydrogen) atoms. The summed E-state index contributed by atoms with van der Waals surface area (Å²) in [5, 5.41) is 1.47.